The van der Waals surface area contributed by atoms with E-state index in [-0.39, 0.29) is 30.2 Å². The molecule has 0 radical (unpaired) electrons. The molecule has 3 amide bonds. The molecule has 0 saturated carbocycles. The number of hydrogen-bond acceptors (Lipinski definition) is 5. The van der Waals surface area contributed by atoms with Crippen molar-refractivity contribution in [3.8, 4) is 5.75 Å². The number of likely N-dealkylation sites (tertiary alicyclic amines) is 1. The molecule has 0 aliphatic carbocycles. The third-order valence-corrected chi connectivity index (χ3v) is 6.60. The molecule has 4 aliphatic heterocycles. The molecule has 5 rings (SSSR count). The van der Waals surface area contributed by atoms with Crippen LogP contribution in [-0.4, -0.2) is 72.5 Å². The minimum absolute atomic E-state index is 0.0488. The minimum Gasteiger partial charge on any atom is -0.497 e. The molecule has 8 nitrogen and oxygen atoms in total. The number of ether oxygens (including phenoxy) is 2. The van der Waals surface area contributed by atoms with Gasteiger partial charge in [0.05, 0.1) is 31.6 Å². The number of carbonyl (C=O) groups is 3. The molecule has 3 fully saturated rings. The van der Waals surface area contributed by atoms with Crippen LogP contribution < -0.4 is 10.1 Å². The zero-order valence-corrected chi connectivity index (χ0v) is 16.9. The summed E-state index contributed by atoms with van der Waals surface area (Å²) in [5.41, 5.74) is 0.235. The Hall–Kier alpha value is -2.87. The van der Waals surface area contributed by atoms with E-state index in [2.05, 4.69) is 5.32 Å². The van der Waals surface area contributed by atoms with E-state index in [4.69, 9.17) is 9.47 Å². The number of amides is 3. The fourth-order valence-corrected chi connectivity index (χ4v) is 5.18. The molecule has 3 saturated heterocycles. The predicted molar refractivity (Wildman–Crippen MR) is 106 cm³/mol. The average molecular weight is 411 g/mol. The third-order valence-electron chi connectivity index (χ3n) is 6.60. The highest BCUT2D eigenvalue weighted by Gasteiger charge is 2.67. The monoisotopic (exact) mass is 411 g/mol. The van der Waals surface area contributed by atoms with Gasteiger partial charge in [-0.3, -0.25) is 14.4 Å². The maximum absolute atomic E-state index is 13.4. The summed E-state index contributed by atoms with van der Waals surface area (Å²) < 4.78 is 11.5. The van der Waals surface area contributed by atoms with Gasteiger partial charge in [-0.1, -0.05) is 24.3 Å². The van der Waals surface area contributed by atoms with Gasteiger partial charge in [0.25, 0.3) is 0 Å². The number of benzene rings is 1. The van der Waals surface area contributed by atoms with Crippen molar-refractivity contribution >= 4 is 17.7 Å². The minimum atomic E-state index is -0.735. The van der Waals surface area contributed by atoms with Gasteiger partial charge in [-0.2, -0.15) is 0 Å². The lowest BCUT2D eigenvalue weighted by atomic mass is 9.76. The molecule has 4 aliphatic rings. The van der Waals surface area contributed by atoms with Crippen molar-refractivity contribution in [1.82, 2.24) is 15.1 Å². The highest BCUT2D eigenvalue weighted by atomic mass is 16.5. The van der Waals surface area contributed by atoms with Crippen LogP contribution in [0.3, 0.4) is 0 Å². The smallest absolute Gasteiger partial charge is 0.230 e. The van der Waals surface area contributed by atoms with Gasteiger partial charge in [-0.15, -0.1) is 0 Å². The number of nitrogens with one attached hydrogen (secondary N) is 1. The van der Waals surface area contributed by atoms with E-state index in [1.807, 2.05) is 36.4 Å². The maximum atomic E-state index is 13.4. The first-order valence-electron chi connectivity index (χ1n) is 10.4. The van der Waals surface area contributed by atoms with Gasteiger partial charge in [0.2, 0.25) is 17.7 Å². The van der Waals surface area contributed by atoms with Crippen LogP contribution >= 0.6 is 0 Å². The molecule has 158 valence electrons. The lowest BCUT2D eigenvalue weighted by Crippen LogP contribution is -2.47. The van der Waals surface area contributed by atoms with E-state index in [0.29, 0.717) is 32.7 Å². The fourth-order valence-electron chi connectivity index (χ4n) is 5.18. The van der Waals surface area contributed by atoms with Crippen LogP contribution in [0.4, 0.5) is 0 Å². The van der Waals surface area contributed by atoms with Gasteiger partial charge in [-0.05, 0) is 17.7 Å². The summed E-state index contributed by atoms with van der Waals surface area (Å²) in [5.74, 6) is -0.501. The number of fused-ring (bicyclic) bond motifs is 1. The first kappa shape index (κ1) is 19.1. The molecular formula is C22H25N3O5. The van der Waals surface area contributed by atoms with Crippen LogP contribution in [0.1, 0.15) is 12.0 Å². The average Bonchev–Trinajstić information content (AvgIpc) is 3.32. The van der Waals surface area contributed by atoms with E-state index in [9.17, 15) is 14.4 Å². The summed E-state index contributed by atoms with van der Waals surface area (Å²) in [5, 5.41) is 2.79. The van der Waals surface area contributed by atoms with Crippen molar-refractivity contribution in [1.29, 1.82) is 0 Å². The highest BCUT2D eigenvalue weighted by Crippen LogP contribution is 2.52. The van der Waals surface area contributed by atoms with E-state index in [1.54, 1.807) is 16.9 Å². The maximum Gasteiger partial charge on any atom is 0.230 e. The van der Waals surface area contributed by atoms with Crippen molar-refractivity contribution in [2.45, 2.75) is 24.7 Å². The molecular weight excluding hydrogens is 386 g/mol. The van der Waals surface area contributed by atoms with Crippen molar-refractivity contribution in [2.24, 2.45) is 11.8 Å². The lowest BCUT2D eigenvalue weighted by molar-refractivity contribution is -0.143. The predicted octanol–water partition coefficient (Wildman–Crippen LogP) is 0.326. The van der Waals surface area contributed by atoms with Crippen molar-refractivity contribution in [3.63, 3.8) is 0 Å². The summed E-state index contributed by atoms with van der Waals surface area (Å²) >= 11 is 0. The molecule has 4 atom stereocenters. The molecule has 8 heteroatoms. The van der Waals surface area contributed by atoms with E-state index >= 15 is 0 Å². The van der Waals surface area contributed by atoms with Crippen molar-refractivity contribution in [2.75, 3.05) is 33.3 Å². The molecule has 4 heterocycles. The van der Waals surface area contributed by atoms with Gasteiger partial charge in [0.1, 0.15) is 11.4 Å². The third kappa shape index (κ3) is 2.98. The summed E-state index contributed by atoms with van der Waals surface area (Å²) in [6, 6.07) is 7.64. The van der Waals surface area contributed by atoms with E-state index < -0.39 is 17.4 Å². The Morgan fingerprint density at radius 3 is 3.03 bits per heavy atom. The fraction of sp³-hybridized carbons (Fsp3) is 0.500. The van der Waals surface area contributed by atoms with Crippen LogP contribution in [-0.2, 0) is 25.7 Å². The van der Waals surface area contributed by atoms with Gasteiger partial charge in [0.15, 0.2) is 0 Å². The van der Waals surface area contributed by atoms with Crippen LogP contribution in [0.25, 0.3) is 0 Å². The zero-order chi connectivity index (χ0) is 20.9. The summed E-state index contributed by atoms with van der Waals surface area (Å²) in [7, 11) is 1.61. The SMILES string of the molecule is COc1cccc(CN2C[C@]34C=C[C@H](O3)[C@@H](C(=O)N3CCNC(=O)CC3)[C@@H]4C2=O)c1. The van der Waals surface area contributed by atoms with Gasteiger partial charge in [0, 0.05) is 32.6 Å². The normalized spacial score (nSPS) is 32.2. The van der Waals surface area contributed by atoms with E-state index in [0.717, 1.165) is 11.3 Å². The first-order valence-corrected chi connectivity index (χ1v) is 10.4. The Balaban J connectivity index is 1.37. The Morgan fingerprint density at radius 1 is 1.33 bits per heavy atom. The molecule has 2 bridgehead atoms. The molecule has 0 aromatic heterocycles. The second kappa shape index (κ2) is 7.12. The molecule has 1 N–H and O–H groups in total. The van der Waals surface area contributed by atoms with Crippen LogP contribution in [0.15, 0.2) is 36.4 Å². The number of rotatable bonds is 4. The van der Waals surface area contributed by atoms with Gasteiger partial charge < -0.3 is 24.6 Å². The summed E-state index contributed by atoms with van der Waals surface area (Å²) in [4.78, 5) is 41.9. The number of carbonyl (C=O) groups excluding carboxylic acids is 3. The van der Waals surface area contributed by atoms with Crippen molar-refractivity contribution < 1.29 is 23.9 Å². The Morgan fingerprint density at radius 2 is 2.20 bits per heavy atom. The van der Waals surface area contributed by atoms with Gasteiger partial charge in [-0.25, -0.2) is 0 Å². The first-order chi connectivity index (χ1) is 14.5. The Labute approximate surface area is 174 Å². The van der Waals surface area contributed by atoms with Crippen molar-refractivity contribution in [3.05, 3.63) is 42.0 Å². The Kier molecular flexibility index (Phi) is 4.54. The molecule has 1 aromatic carbocycles. The molecule has 30 heavy (non-hydrogen) atoms. The molecule has 1 spiro atoms. The largest absolute Gasteiger partial charge is 0.497 e. The quantitative estimate of drug-likeness (QED) is 0.722. The number of nitrogens with zero attached hydrogens (tertiary/aromatic N) is 2. The number of methoxy groups -OCH3 is 1. The van der Waals surface area contributed by atoms with Crippen LogP contribution in [0, 0.1) is 11.8 Å². The standard InChI is InChI=1S/C22H25N3O5/c1-29-15-4-2-3-14(11-15)12-25-13-22-7-5-16(30-22)18(19(22)21(25)28)20(27)24-9-6-17(26)23-8-10-24/h2-5,7,11,16,18-19H,6,8-10,12-13H2,1H3,(H,23,26)/t16-,18+,19+,22-/m0/s1. The topological polar surface area (TPSA) is 88.2 Å². The lowest BCUT2D eigenvalue weighted by Gasteiger charge is -2.29. The second-order valence-corrected chi connectivity index (χ2v) is 8.37. The van der Waals surface area contributed by atoms with Gasteiger partial charge >= 0.3 is 0 Å². The zero-order valence-electron chi connectivity index (χ0n) is 16.9. The summed E-state index contributed by atoms with van der Waals surface area (Å²) in [6.07, 6.45) is 3.79. The summed E-state index contributed by atoms with van der Waals surface area (Å²) in [6.45, 7) is 2.14. The highest BCUT2D eigenvalue weighted by molar-refractivity contribution is 5.93. The molecule has 0 unspecified atom stereocenters. The molecule has 1 aromatic rings. The Bertz CT molecular complexity index is 931. The number of hydrogen-bond donors (Lipinski definition) is 1. The van der Waals surface area contributed by atoms with E-state index in [1.165, 1.54) is 0 Å². The second-order valence-electron chi connectivity index (χ2n) is 8.37. The van der Waals surface area contributed by atoms with Crippen LogP contribution in [0.5, 0.6) is 5.75 Å². The van der Waals surface area contributed by atoms with Crippen LogP contribution in [0.2, 0.25) is 0 Å².